The number of Topliss-reactive ketones (excluding diaryl/α,β-unsaturated/α-hetero) is 1. The summed E-state index contributed by atoms with van der Waals surface area (Å²) in [5.74, 6) is -0.828. The average Bonchev–Trinajstić information content (AvgIpc) is 2.77. The average molecular weight is 300 g/mol. The molecule has 6 heteroatoms. The summed E-state index contributed by atoms with van der Waals surface area (Å²) >= 11 is 0. The summed E-state index contributed by atoms with van der Waals surface area (Å²) < 4.78 is 21.4. The maximum Gasteiger partial charge on any atom is 0.306 e. The Hall–Kier alpha value is -0.980. The lowest BCUT2D eigenvalue weighted by molar-refractivity contribution is -0.198. The SMILES string of the molecule is COCC1C(OC2CCCCO2)CC(=O)C1CC(=O)OC. The van der Waals surface area contributed by atoms with Crippen molar-refractivity contribution in [3.05, 3.63) is 0 Å². The molecule has 21 heavy (non-hydrogen) atoms. The Morgan fingerprint density at radius 3 is 2.76 bits per heavy atom. The summed E-state index contributed by atoms with van der Waals surface area (Å²) in [6.07, 6.45) is 2.90. The molecule has 1 saturated heterocycles. The number of ketones is 1. The molecule has 1 saturated carbocycles. The van der Waals surface area contributed by atoms with Crippen molar-refractivity contribution in [3.8, 4) is 0 Å². The summed E-state index contributed by atoms with van der Waals surface area (Å²) in [5.41, 5.74) is 0. The number of carbonyl (C=O) groups is 2. The van der Waals surface area contributed by atoms with E-state index < -0.39 is 0 Å². The van der Waals surface area contributed by atoms with E-state index in [1.807, 2.05) is 0 Å². The van der Waals surface area contributed by atoms with Gasteiger partial charge < -0.3 is 18.9 Å². The zero-order valence-corrected chi connectivity index (χ0v) is 12.7. The van der Waals surface area contributed by atoms with Crippen LogP contribution in [0.25, 0.3) is 0 Å². The number of rotatable bonds is 6. The Kier molecular flexibility index (Phi) is 6.14. The van der Waals surface area contributed by atoms with Crippen LogP contribution in [0.1, 0.15) is 32.1 Å². The molecule has 2 aliphatic rings. The fraction of sp³-hybridized carbons (Fsp3) is 0.867. The van der Waals surface area contributed by atoms with E-state index in [0.29, 0.717) is 19.6 Å². The first-order valence-electron chi connectivity index (χ1n) is 7.51. The number of esters is 1. The summed E-state index contributed by atoms with van der Waals surface area (Å²) in [5, 5.41) is 0. The zero-order valence-electron chi connectivity index (χ0n) is 12.7. The topological polar surface area (TPSA) is 71.1 Å². The molecule has 1 heterocycles. The van der Waals surface area contributed by atoms with Crippen LogP contribution in [0.3, 0.4) is 0 Å². The van der Waals surface area contributed by atoms with Crippen molar-refractivity contribution in [2.45, 2.75) is 44.5 Å². The van der Waals surface area contributed by atoms with E-state index in [9.17, 15) is 9.59 Å². The molecule has 0 aromatic rings. The Balaban J connectivity index is 1.99. The van der Waals surface area contributed by atoms with E-state index in [1.54, 1.807) is 7.11 Å². The summed E-state index contributed by atoms with van der Waals surface area (Å²) in [4.78, 5) is 23.7. The van der Waals surface area contributed by atoms with Crippen molar-refractivity contribution in [3.63, 3.8) is 0 Å². The van der Waals surface area contributed by atoms with E-state index in [0.717, 1.165) is 19.3 Å². The Bertz CT molecular complexity index is 363. The molecule has 0 aromatic carbocycles. The van der Waals surface area contributed by atoms with Gasteiger partial charge in [0.2, 0.25) is 0 Å². The molecule has 4 unspecified atom stereocenters. The van der Waals surface area contributed by atoms with Crippen LogP contribution >= 0.6 is 0 Å². The van der Waals surface area contributed by atoms with Crippen LogP contribution in [-0.4, -0.2) is 51.6 Å². The summed E-state index contributed by atoms with van der Waals surface area (Å²) in [7, 11) is 2.92. The van der Waals surface area contributed by atoms with Crippen molar-refractivity contribution in [1.82, 2.24) is 0 Å². The third-order valence-electron chi connectivity index (χ3n) is 4.25. The van der Waals surface area contributed by atoms with Crippen LogP contribution in [-0.2, 0) is 28.5 Å². The minimum atomic E-state index is -0.383. The molecule has 0 radical (unpaired) electrons. The van der Waals surface area contributed by atoms with Crippen LogP contribution in [0, 0.1) is 11.8 Å². The van der Waals surface area contributed by atoms with Crippen LogP contribution in [0.4, 0.5) is 0 Å². The fourth-order valence-electron chi connectivity index (χ4n) is 3.11. The van der Waals surface area contributed by atoms with Crippen LogP contribution in [0.2, 0.25) is 0 Å². The van der Waals surface area contributed by atoms with Gasteiger partial charge in [-0.25, -0.2) is 0 Å². The first-order valence-corrected chi connectivity index (χ1v) is 7.51. The smallest absolute Gasteiger partial charge is 0.306 e. The minimum absolute atomic E-state index is 0.0447. The quantitative estimate of drug-likeness (QED) is 0.689. The highest BCUT2D eigenvalue weighted by atomic mass is 16.7. The molecular formula is C15H24O6. The molecule has 1 aliphatic carbocycles. The second-order valence-corrected chi connectivity index (χ2v) is 5.65. The van der Waals surface area contributed by atoms with Gasteiger partial charge in [-0.2, -0.15) is 0 Å². The van der Waals surface area contributed by atoms with Gasteiger partial charge in [-0.05, 0) is 19.3 Å². The number of hydrogen-bond acceptors (Lipinski definition) is 6. The maximum atomic E-state index is 12.2. The van der Waals surface area contributed by atoms with Gasteiger partial charge in [0.15, 0.2) is 6.29 Å². The molecule has 6 nitrogen and oxygen atoms in total. The Morgan fingerprint density at radius 2 is 2.14 bits per heavy atom. The van der Waals surface area contributed by atoms with E-state index in [1.165, 1.54) is 7.11 Å². The number of methoxy groups -OCH3 is 2. The normalized spacial score (nSPS) is 33.1. The van der Waals surface area contributed by atoms with Gasteiger partial charge in [0.1, 0.15) is 5.78 Å². The molecule has 120 valence electrons. The van der Waals surface area contributed by atoms with Crippen molar-refractivity contribution >= 4 is 11.8 Å². The molecular weight excluding hydrogens is 276 g/mol. The Labute approximate surface area is 125 Å². The first kappa shape index (κ1) is 16.4. The zero-order chi connectivity index (χ0) is 15.2. The number of ether oxygens (including phenoxy) is 4. The van der Waals surface area contributed by atoms with E-state index in [4.69, 9.17) is 14.2 Å². The van der Waals surface area contributed by atoms with Crippen molar-refractivity contribution in [1.29, 1.82) is 0 Å². The van der Waals surface area contributed by atoms with Crippen LogP contribution in [0.15, 0.2) is 0 Å². The largest absolute Gasteiger partial charge is 0.469 e. The van der Waals surface area contributed by atoms with E-state index >= 15 is 0 Å². The molecule has 2 fully saturated rings. The molecule has 0 N–H and O–H groups in total. The molecule has 0 spiro atoms. The predicted octanol–water partition coefficient (Wildman–Crippen LogP) is 1.31. The lowest BCUT2D eigenvalue weighted by Crippen LogP contribution is -2.34. The van der Waals surface area contributed by atoms with Gasteiger partial charge in [-0.1, -0.05) is 0 Å². The van der Waals surface area contributed by atoms with Crippen molar-refractivity contribution in [2.75, 3.05) is 27.4 Å². The van der Waals surface area contributed by atoms with Crippen molar-refractivity contribution < 1.29 is 28.5 Å². The highest BCUT2D eigenvalue weighted by Crippen LogP contribution is 2.35. The van der Waals surface area contributed by atoms with Crippen LogP contribution in [0.5, 0.6) is 0 Å². The molecule has 4 atom stereocenters. The fourth-order valence-corrected chi connectivity index (χ4v) is 3.11. The first-order chi connectivity index (χ1) is 10.2. The third kappa shape index (κ3) is 4.25. The standard InChI is InChI=1S/C15H24O6/c1-18-9-11-10(7-14(17)19-2)12(16)8-13(11)21-15-5-3-4-6-20-15/h10-11,13,15H,3-9H2,1-2H3. The molecule has 0 aromatic heterocycles. The lowest BCUT2D eigenvalue weighted by Gasteiger charge is -2.29. The van der Waals surface area contributed by atoms with E-state index in [2.05, 4.69) is 4.74 Å². The highest BCUT2D eigenvalue weighted by molar-refractivity contribution is 5.88. The maximum absolute atomic E-state index is 12.2. The third-order valence-corrected chi connectivity index (χ3v) is 4.25. The van der Waals surface area contributed by atoms with Crippen LogP contribution < -0.4 is 0 Å². The van der Waals surface area contributed by atoms with Gasteiger partial charge in [-0.3, -0.25) is 9.59 Å². The monoisotopic (exact) mass is 300 g/mol. The van der Waals surface area contributed by atoms with Gasteiger partial charge in [-0.15, -0.1) is 0 Å². The molecule has 1 aliphatic heterocycles. The highest BCUT2D eigenvalue weighted by Gasteiger charge is 2.45. The lowest BCUT2D eigenvalue weighted by atomic mass is 9.92. The predicted molar refractivity (Wildman–Crippen MR) is 73.6 cm³/mol. The molecule has 0 bridgehead atoms. The van der Waals surface area contributed by atoms with E-state index in [-0.39, 0.29) is 42.4 Å². The number of hydrogen-bond donors (Lipinski definition) is 0. The molecule has 2 rings (SSSR count). The van der Waals surface area contributed by atoms with Gasteiger partial charge in [0, 0.05) is 32.0 Å². The minimum Gasteiger partial charge on any atom is -0.469 e. The number of carbonyl (C=O) groups excluding carboxylic acids is 2. The Morgan fingerprint density at radius 1 is 1.33 bits per heavy atom. The van der Waals surface area contributed by atoms with Gasteiger partial charge in [0.25, 0.3) is 0 Å². The molecule has 0 amide bonds. The summed E-state index contributed by atoms with van der Waals surface area (Å²) in [6.45, 7) is 1.09. The summed E-state index contributed by atoms with van der Waals surface area (Å²) in [6, 6.07) is 0. The second kappa shape index (κ2) is 7.87. The van der Waals surface area contributed by atoms with Gasteiger partial charge in [0.05, 0.1) is 26.2 Å². The second-order valence-electron chi connectivity index (χ2n) is 5.65. The van der Waals surface area contributed by atoms with Crippen molar-refractivity contribution in [2.24, 2.45) is 11.8 Å². The van der Waals surface area contributed by atoms with Gasteiger partial charge >= 0.3 is 5.97 Å².